The molecule has 2 aromatic heterocycles. The Hall–Kier alpha value is -2.15. The normalized spacial score (nSPS) is 10.4. The minimum Gasteiger partial charge on any atom is -0.463 e. The molecule has 7 nitrogen and oxygen atoms in total. The lowest BCUT2D eigenvalue weighted by Gasteiger charge is -2.02. The van der Waals surface area contributed by atoms with E-state index in [4.69, 9.17) is 21.1 Å². The van der Waals surface area contributed by atoms with Crippen molar-refractivity contribution in [2.24, 2.45) is 7.05 Å². The van der Waals surface area contributed by atoms with Crippen molar-refractivity contribution in [2.45, 2.75) is 13.3 Å². The maximum absolute atomic E-state index is 11.3. The van der Waals surface area contributed by atoms with Gasteiger partial charge >= 0.3 is 12.0 Å². The molecule has 0 unspecified atom stereocenters. The van der Waals surface area contributed by atoms with Crippen molar-refractivity contribution in [1.82, 2.24) is 19.7 Å². The predicted molar refractivity (Wildman–Crippen MR) is 76.0 cm³/mol. The summed E-state index contributed by atoms with van der Waals surface area (Å²) < 4.78 is 11.6. The molecular formula is C13H15ClN4O3. The summed E-state index contributed by atoms with van der Waals surface area (Å²) in [6.45, 7) is 2.06. The molecule has 0 aliphatic heterocycles. The topological polar surface area (TPSA) is 79.1 Å². The molecular weight excluding hydrogens is 296 g/mol. The summed E-state index contributed by atoms with van der Waals surface area (Å²) in [7, 11) is 1.71. The Balaban J connectivity index is 2.02. The maximum atomic E-state index is 11.3. The minimum absolute atomic E-state index is 0.0951. The molecule has 8 heteroatoms. The Bertz CT molecular complexity index is 612. The van der Waals surface area contributed by atoms with E-state index in [0.29, 0.717) is 23.1 Å². The summed E-state index contributed by atoms with van der Waals surface area (Å²) in [5.74, 6) is 0.0686. The van der Waals surface area contributed by atoms with Crippen LogP contribution in [0.2, 0.25) is 5.02 Å². The smallest absolute Gasteiger partial charge is 0.344 e. The van der Waals surface area contributed by atoms with Crippen LogP contribution in [0.4, 0.5) is 0 Å². The lowest BCUT2D eigenvalue weighted by atomic mass is 10.3. The summed E-state index contributed by atoms with van der Waals surface area (Å²) in [5.41, 5.74) is 0.609. The first-order valence-electron chi connectivity index (χ1n) is 6.41. The molecule has 0 aliphatic rings. The van der Waals surface area contributed by atoms with Crippen molar-refractivity contribution < 1.29 is 14.3 Å². The Morgan fingerprint density at radius 1 is 1.43 bits per heavy atom. The zero-order valence-electron chi connectivity index (χ0n) is 11.7. The molecule has 0 bridgehead atoms. The number of aryl methyl sites for hydroxylation is 1. The summed E-state index contributed by atoms with van der Waals surface area (Å²) >= 11 is 5.79. The second-order valence-corrected chi connectivity index (χ2v) is 4.65. The van der Waals surface area contributed by atoms with Crippen LogP contribution in [0.3, 0.4) is 0 Å². The van der Waals surface area contributed by atoms with E-state index in [1.807, 2.05) is 6.92 Å². The van der Waals surface area contributed by atoms with Crippen molar-refractivity contribution in [2.75, 3.05) is 13.2 Å². The van der Waals surface area contributed by atoms with E-state index < -0.39 is 5.97 Å². The van der Waals surface area contributed by atoms with E-state index >= 15 is 0 Å². The first kappa shape index (κ1) is 15.2. The minimum atomic E-state index is -0.449. The second kappa shape index (κ2) is 7.03. The van der Waals surface area contributed by atoms with Gasteiger partial charge in [-0.05, 0) is 18.6 Å². The average molecular weight is 311 g/mol. The summed E-state index contributed by atoms with van der Waals surface area (Å²) in [4.78, 5) is 19.7. The number of hydrogen-bond donors (Lipinski definition) is 0. The van der Waals surface area contributed by atoms with Gasteiger partial charge in [0.1, 0.15) is 5.69 Å². The number of ether oxygens (including phenoxy) is 2. The van der Waals surface area contributed by atoms with Crippen LogP contribution < -0.4 is 4.74 Å². The van der Waals surface area contributed by atoms with E-state index in [9.17, 15) is 4.79 Å². The maximum Gasteiger partial charge on any atom is 0.344 e. The van der Waals surface area contributed by atoms with Crippen LogP contribution in [0.1, 0.15) is 13.3 Å². The molecule has 0 fully saturated rings. The van der Waals surface area contributed by atoms with Gasteiger partial charge in [-0.2, -0.15) is 4.98 Å². The molecule has 2 heterocycles. The van der Waals surface area contributed by atoms with Crippen LogP contribution in [0.5, 0.6) is 6.01 Å². The number of nitrogens with zero attached hydrogens (tertiary/aromatic N) is 4. The van der Waals surface area contributed by atoms with Crippen LogP contribution in [-0.2, 0) is 16.6 Å². The Labute approximate surface area is 126 Å². The molecule has 0 N–H and O–H groups in total. The summed E-state index contributed by atoms with van der Waals surface area (Å²) in [6, 6.07) is 3.53. The monoisotopic (exact) mass is 310 g/mol. The molecule has 2 rings (SSSR count). The molecule has 0 aromatic carbocycles. The highest BCUT2D eigenvalue weighted by atomic mass is 35.5. The molecule has 112 valence electrons. The highest BCUT2D eigenvalue weighted by Gasteiger charge is 2.13. The zero-order chi connectivity index (χ0) is 15.2. The number of carbonyl (C=O) groups is 1. The molecule has 0 spiro atoms. The number of pyridine rings is 1. The number of rotatable bonds is 6. The number of esters is 1. The molecule has 21 heavy (non-hydrogen) atoms. The molecule has 2 aromatic rings. The molecule has 0 amide bonds. The van der Waals surface area contributed by atoms with Crippen LogP contribution in [0, 0.1) is 0 Å². The van der Waals surface area contributed by atoms with Gasteiger partial charge in [0, 0.05) is 13.2 Å². The van der Waals surface area contributed by atoms with Crippen molar-refractivity contribution in [3.8, 4) is 17.5 Å². The van der Waals surface area contributed by atoms with Gasteiger partial charge in [0.25, 0.3) is 0 Å². The van der Waals surface area contributed by atoms with Crippen molar-refractivity contribution in [3.63, 3.8) is 0 Å². The fraction of sp³-hybridized carbons (Fsp3) is 0.385. The molecule has 0 saturated carbocycles. The number of halogens is 1. The predicted octanol–water partition coefficient (Wildman–Crippen LogP) is 1.86. The highest BCUT2D eigenvalue weighted by molar-refractivity contribution is 6.30. The lowest BCUT2D eigenvalue weighted by molar-refractivity contribution is -0.146. The first-order valence-corrected chi connectivity index (χ1v) is 6.79. The SMILES string of the molecule is CCCOC(=O)COc1nc(-c2ccc(Cl)cn2)n(C)n1. The third kappa shape index (κ3) is 4.16. The van der Waals surface area contributed by atoms with E-state index in [1.54, 1.807) is 19.2 Å². The number of hydrogen-bond acceptors (Lipinski definition) is 6. The van der Waals surface area contributed by atoms with Gasteiger partial charge in [0.2, 0.25) is 0 Å². The molecule has 0 radical (unpaired) electrons. The molecule has 0 atom stereocenters. The second-order valence-electron chi connectivity index (χ2n) is 4.21. The number of carbonyl (C=O) groups excluding carboxylic acids is 1. The summed E-state index contributed by atoms with van der Waals surface area (Å²) in [5, 5.41) is 4.60. The highest BCUT2D eigenvalue weighted by Crippen LogP contribution is 2.18. The van der Waals surface area contributed by atoms with Gasteiger partial charge in [-0.25, -0.2) is 9.48 Å². The van der Waals surface area contributed by atoms with Gasteiger partial charge in [0.15, 0.2) is 12.4 Å². The van der Waals surface area contributed by atoms with Crippen molar-refractivity contribution >= 4 is 17.6 Å². The van der Waals surface area contributed by atoms with E-state index in [-0.39, 0.29) is 12.6 Å². The fourth-order valence-corrected chi connectivity index (χ4v) is 1.65. The Kier molecular flexibility index (Phi) is 5.10. The molecule has 0 saturated heterocycles. The Morgan fingerprint density at radius 2 is 2.24 bits per heavy atom. The van der Waals surface area contributed by atoms with Crippen molar-refractivity contribution in [3.05, 3.63) is 23.4 Å². The van der Waals surface area contributed by atoms with Gasteiger partial charge < -0.3 is 9.47 Å². The van der Waals surface area contributed by atoms with Crippen LogP contribution in [0.25, 0.3) is 11.5 Å². The van der Waals surface area contributed by atoms with Gasteiger partial charge in [-0.3, -0.25) is 4.98 Å². The molecule has 0 aliphatic carbocycles. The van der Waals surface area contributed by atoms with Crippen LogP contribution >= 0.6 is 11.6 Å². The first-order chi connectivity index (χ1) is 10.1. The van der Waals surface area contributed by atoms with Crippen LogP contribution in [-0.4, -0.2) is 38.9 Å². The fourth-order valence-electron chi connectivity index (χ4n) is 1.53. The van der Waals surface area contributed by atoms with Crippen molar-refractivity contribution in [1.29, 1.82) is 0 Å². The van der Waals surface area contributed by atoms with E-state index in [0.717, 1.165) is 6.42 Å². The third-order valence-electron chi connectivity index (χ3n) is 2.49. The van der Waals surface area contributed by atoms with Gasteiger partial charge in [0.05, 0.1) is 11.6 Å². The lowest BCUT2D eigenvalue weighted by Crippen LogP contribution is -2.15. The zero-order valence-corrected chi connectivity index (χ0v) is 12.5. The number of aromatic nitrogens is 4. The van der Waals surface area contributed by atoms with E-state index in [2.05, 4.69) is 15.1 Å². The van der Waals surface area contributed by atoms with Crippen LogP contribution in [0.15, 0.2) is 18.3 Å². The third-order valence-corrected chi connectivity index (χ3v) is 2.71. The standard InChI is InChI=1S/C13H15ClN4O3/c1-3-6-20-11(19)8-21-13-16-12(18(2)17-13)10-5-4-9(14)7-15-10/h4-5,7H,3,6,8H2,1-2H3. The Morgan fingerprint density at radius 3 is 2.90 bits per heavy atom. The summed E-state index contributed by atoms with van der Waals surface area (Å²) in [6.07, 6.45) is 2.29. The quantitative estimate of drug-likeness (QED) is 0.758. The van der Waals surface area contributed by atoms with Gasteiger partial charge in [-0.15, -0.1) is 5.10 Å². The van der Waals surface area contributed by atoms with E-state index in [1.165, 1.54) is 10.9 Å². The average Bonchev–Trinajstić information content (AvgIpc) is 2.85. The van der Waals surface area contributed by atoms with Gasteiger partial charge in [-0.1, -0.05) is 18.5 Å². The largest absolute Gasteiger partial charge is 0.463 e.